The molecule has 4 nitrogen and oxygen atoms in total. The van der Waals surface area contributed by atoms with Crippen LogP contribution in [-0.2, 0) is 10.0 Å². The maximum Gasteiger partial charge on any atom is 0.214 e. The van der Waals surface area contributed by atoms with Gasteiger partial charge in [-0.25, -0.2) is 8.42 Å². The summed E-state index contributed by atoms with van der Waals surface area (Å²) in [5.41, 5.74) is 0. The summed E-state index contributed by atoms with van der Waals surface area (Å²) in [6.45, 7) is 8.00. The number of sulfonamides is 1. The van der Waals surface area contributed by atoms with Crippen molar-refractivity contribution in [3.63, 3.8) is 0 Å². The maximum absolute atomic E-state index is 12.4. The topological polar surface area (TPSA) is 49.4 Å². The Hall–Kier alpha value is -0.130. The molecule has 0 amide bonds. The van der Waals surface area contributed by atoms with Gasteiger partial charge in [-0.05, 0) is 38.1 Å². The van der Waals surface area contributed by atoms with Gasteiger partial charge in [0.05, 0.1) is 5.75 Å². The molecule has 2 heterocycles. The maximum atomic E-state index is 12.4. The summed E-state index contributed by atoms with van der Waals surface area (Å²) in [7, 11) is -3.07. The Kier molecular flexibility index (Phi) is 3.80. The minimum Gasteiger partial charge on any atom is -0.315 e. The SMILES string of the molecule is CC(C)CCS(=O)(=O)N1C(C)CC2CNCC21. The second kappa shape index (κ2) is 4.86. The van der Waals surface area contributed by atoms with Crippen LogP contribution in [0.3, 0.4) is 0 Å². The first kappa shape index (κ1) is 13.3. The van der Waals surface area contributed by atoms with Crippen LogP contribution in [0.4, 0.5) is 0 Å². The van der Waals surface area contributed by atoms with Gasteiger partial charge in [0.25, 0.3) is 0 Å². The van der Waals surface area contributed by atoms with Gasteiger partial charge >= 0.3 is 0 Å². The van der Waals surface area contributed by atoms with Gasteiger partial charge in [-0.15, -0.1) is 0 Å². The van der Waals surface area contributed by atoms with E-state index in [1.165, 1.54) is 0 Å². The molecular weight excluding hydrogens is 236 g/mol. The van der Waals surface area contributed by atoms with Crippen molar-refractivity contribution in [1.29, 1.82) is 0 Å². The van der Waals surface area contributed by atoms with E-state index in [4.69, 9.17) is 0 Å². The highest BCUT2D eigenvalue weighted by atomic mass is 32.2. The summed E-state index contributed by atoms with van der Waals surface area (Å²) in [6, 6.07) is 0.395. The van der Waals surface area contributed by atoms with Crippen LogP contribution >= 0.6 is 0 Å². The Bertz CT molecular complexity index is 367. The van der Waals surface area contributed by atoms with Gasteiger partial charge in [0.15, 0.2) is 0 Å². The molecule has 2 aliphatic heterocycles. The number of rotatable bonds is 4. The van der Waals surface area contributed by atoms with Crippen LogP contribution < -0.4 is 5.32 Å². The Morgan fingerprint density at radius 3 is 2.71 bits per heavy atom. The molecule has 0 aliphatic carbocycles. The van der Waals surface area contributed by atoms with E-state index in [2.05, 4.69) is 19.2 Å². The number of nitrogens with zero attached hydrogens (tertiary/aromatic N) is 1. The van der Waals surface area contributed by atoms with Gasteiger partial charge in [0, 0.05) is 18.6 Å². The summed E-state index contributed by atoms with van der Waals surface area (Å²) in [5, 5.41) is 3.31. The van der Waals surface area contributed by atoms with Crippen LogP contribution in [0.15, 0.2) is 0 Å². The van der Waals surface area contributed by atoms with Gasteiger partial charge in [-0.3, -0.25) is 0 Å². The van der Waals surface area contributed by atoms with E-state index < -0.39 is 10.0 Å². The number of nitrogens with one attached hydrogen (secondary N) is 1. The third-order valence-corrected chi connectivity index (χ3v) is 6.01. The molecule has 2 rings (SSSR count). The highest BCUT2D eigenvalue weighted by Gasteiger charge is 2.46. The van der Waals surface area contributed by atoms with Crippen molar-refractivity contribution in [3.8, 4) is 0 Å². The monoisotopic (exact) mass is 260 g/mol. The lowest BCUT2D eigenvalue weighted by atomic mass is 10.0. The first-order chi connectivity index (χ1) is 7.92. The van der Waals surface area contributed by atoms with Crippen LogP contribution in [0.5, 0.6) is 0 Å². The molecule has 0 aromatic rings. The fourth-order valence-electron chi connectivity index (χ4n) is 3.10. The van der Waals surface area contributed by atoms with Gasteiger partial charge in [0.1, 0.15) is 0 Å². The molecule has 2 fully saturated rings. The summed E-state index contributed by atoms with van der Waals surface area (Å²) >= 11 is 0. The zero-order valence-electron chi connectivity index (χ0n) is 11.0. The van der Waals surface area contributed by atoms with Crippen LogP contribution in [0.25, 0.3) is 0 Å². The van der Waals surface area contributed by atoms with Gasteiger partial charge in [-0.1, -0.05) is 13.8 Å². The molecule has 2 saturated heterocycles. The smallest absolute Gasteiger partial charge is 0.214 e. The van der Waals surface area contributed by atoms with Crippen LogP contribution in [0, 0.1) is 11.8 Å². The molecule has 0 saturated carbocycles. The van der Waals surface area contributed by atoms with Crippen molar-refractivity contribution in [3.05, 3.63) is 0 Å². The largest absolute Gasteiger partial charge is 0.315 e. The van der Waals surface area contributed by atoms with E-state index in [9.17, 15) is 8.42 Å². The van der Waals surface area contributed by atoms with Crippen molar-refractivity contribution in [2.24, 2.45) is 11.8 Å². The number of hydrogen-bond acceptors (Lipinski definition) is 3. The first-order valence-electron chi connectivity index (χ1n) is 6.63. The fourth-order valence-corrected chi connectivity index (χ4v) is 5.37. The average molecular weight is 260 g/mol. The Labute approximate surface area is 105 Å². The lowest BCUT2D eigenvalue weighted by Gasteiger charge is -2.27. The number of hydrogen-bond donors (Lipinski definition) is 1. The molecule has 5 heteroatoms. The third-order valence-electron chi connectivity index (χ3n) is 3.98. The van der Waals surface area contributed by atoms with Crippen molar-refractivity contribution in [2.45, 2.75) is 45.7 Å². The normalized spacial score (nSPS) is 34.5. The standard InChI is InChI=1S/C12H24N2O2S/c1-9(2)4-5-17(15,16)14-10(3)6-11-7-13-8-12(11)14/h9-13H,4-8H2,1-3H3. The van der Waals surface area contributed by atoms with Crippen LogP contribution in [0.2, 0.25) is 0 Å². The van der Waals surface area contributed by atoms with E-state index in [-0.39, 0.29) is 12.1 Å². The minimum atomic E-state index is -3.07. The lowest BCUT2D eigenvalue weighted by molar-refractivity contribution is 0.334. The van der Waals surface area contributed by atoms with E-state index in [0.29, 0.717) is 17.6 Å². The molecule has 0 aromatic heterocycles. The fraction of sp³-hybridized carbons (Fsp3) is 1.00. The summed E-state index contributed by atoms with van der Waals surface area (Å²) < 4.78 is 26.6. The highest BCUT2D eigenvalue weighted by Crippen LogP contribution is 2.34. The van der Waals surface area contributed by atoms with Crippen LogP contribution in [0.1, 0.15) is 33.6 Å². The highest BCUT2D eigenvalue weighted by molar-refractivity contribution is 7.89. The van der Waals surface area contributed by atoms with Crippen molar-refractivity contribution < 1.29 is 8.42 Å². The zero-order chi connectivity index (χ0) is 12.6. The van der Waals surface area contributed by atoms with Gasteiger partial charge < -0.3 is 5.32 Å². The van der Waals surface area contributed by atoms with Gasteiger partial charge in [-0.2, -0.15) is 4.31 Å². The molecular formula is C12H24N2O2S. The van der Waals surface area contributed by atoms with E-state index in [0.717, 1.165) is 25.9 Å². The molecule has 100 valence electrons. The Morgan fingerprint density at radius 1 is 1.35 bits per heavy atom. The van der Waals surface area contributed by atoms with Crippen molar-refractivity contribution in [2.75, 3.05) is 18.8 Å². The van der Waals surface area contributed by atoms with Gasteiger partial charge in [0.2, 0.25) is 10.0 Å². The molecule has 3 atom stereocenters. The molecule has 0 aromatic carbocycles. The third kappa shape index (κ3) is 2.66. The number of fused-ring (bicyclic) bond motifs is 1. The van der Waals surface area contributed by atoms with Crippen molar-refractivity contribution >= 4 is 10.0 Å². The predicted octanol–water partition coefficient (Wildman–Crippen LogP) is 1.04. The Morgan fingerprint density at radius 2 is 2.06 bits per heavy atom. The molecule has 0 spiro atoms. The molecule has 17 heavy (non-hydrogen) atoms. The van der Waals surface area contributed by atoms with Crippen LogP contribution in [-0.4, -0.2) is 43.6 Å². The predicted molar refractivity (Wildman–Crippen MR) is 69.3 cm³/mol. The molecule has 0 radical (unpaired) electrons. The zero-order valence-corrected chi connectivity index (χ0v) is 11.8. The Balaban J connectivity index is 2.09. The quantitative estimate of drug-likeness (QED) is 0.822. The lowest BCUT2D eigenvalue weighted by Crippen LogP contribution is -2.44. The van der Waals surface area contributed by atoms with E-state index >= 15 is 0 Å². The summed E-state index contributed by atoms with van der Waals surface area (Å²) in [6.07, 6.45) is 1.77. The van der Waals surface area contributed by atoms with Crippen molar-refractivity contribution in [1.82, 2.24) is 9.62 Å². The second-order valence-electron chi connectivity index (χ2n) is 5.90. The molecule has 0 bridgehead atoms. The summed E-state index contributed by atoms with van der Waals surface area (Å²) in [4.78, 5) is 0. The average Bonchev–Trinajstić information content (AvgIpc) is 2.73. The first-order valence-corrected chi connectivity index (χ1v) is 8.24. The van der Waals surface area contributed by atoms with E-state index in [1.54, 1.807) is 4.31 Å². The minimum absolute atomic E-state index is 0.185. The summed E-state index contributed by atoms with van der Waals surface area (Å²) in [5.74, 6) is 1.28. The molecule has 3 unspecified atom stereocenters. The van der Waals surface area contributed by atoms with E-state index in [1.807, 2.05) is 6.92 Å². The second-order valence-corrected chi connectivity index (χ2v) is 7.89. The molecule has 1 N–H and O–H groups in total. The molecule has 2 aliphatic rings.